The average Bonchev–Trinajstić information content (AvgIpc) is 2.61. The summed E-state index contributed by atoms with van der Waals surface area (Å²) in [6.45, 7) is 4.01. The number of rotatable bonds is 5. The van der Waals surface area contributed by atoms with E-state index >= 15 is 0 Å². The van der Waals surface area contributed by atoms with Crippen molar-refractivity contribution in [1.82, 2.24) is 20.2 Å². The van der Waals surface area contributed by atoms with Gasteiger partial charge in [-0.15, -0.1) is 0 Å². The third kappa shape index (κ3) is 3.96. The lowest BCUT2D eigenvalue weighted by Gasteiger charge is -2.35. The Kier molecular flexibility index (Phi) is 5.28. The summed E-state index contributed by atoms with van der Waals surface area (Å²) in [5.74, 6) is 0.774. The molecule has 1 aromatic carbocycles. The van der Waals surface area contributed by atoms with Gasteiger partial charge in [0, 0.05) is 51.7 Å². The van der Waals surface area contributed by atoms with Gasteiger partial charge in [-0.1, -0.05) is 24.3 Å². The van der Waals surface area contributed by atoms with E-state index in [2.05, 4.69) is 38.4 Å². The monoisotopic (exact) mass is 339 g/mol. The molecular formula is C19H25N5O. The fourth-order valence-corrected chi connectivity index (χ4v) is 3.19. The van der Waals surface area contributed by atoms with Gasteiger partial charge in [-0.2, -0.15) is 0 Å². The molecule has 1 aromatic heterocycles. The van der Waals surface area contributed by atoms with E-state index in [1.54, 1.807) is 0 Å². The summed E-state index contributed by atoms with van der Waals surface area (Å²) in [4.78, 5) is 25.4. The quantitative estimate of drug-likeness (QED) is 0.897. The number of hydrogen-bond acceptors (Lipinski definition) is 5. The number of hydrogen-bond donors (Lipinski definition) is 1. The van der Waals surface area contributed by atoms with Crippen molar-refractivity contribution >= 4 is 11.9 Å². The molecule has 6 nitrogen and oxygen atoms in total. The number of benzene rings is 1. The van der Waals surface area contributed by atoms with E-state index in [0.717, 1.165) is 18.5 Å². The molecule has 0 saturated carbocycles. The van der Waals surface area contributed by atoms with Crippen LogP contribution in [-0.4, -0.2) is 47.5 Å². The molecule has 0 aliphatic carbocycles. The van der Waals surface area contributed by atoms with Crippen LogP contribution in [0.4, 0.5) is 5.95 Å². The van der Waals surface area contributed by atoms with Gasteiger partial charge in [-0.3, -0.25) is 9.69 Å². The van der Waals surface area contributed by atoms with Gasteiger partial charge in [0.1, 0.15) is 0 Å². The molecule has 1 amide bonds. The molecule has 0 radical (unpaired) electrons. The summed E-state index contributed by atoms with van der Waals surface area (Å²) in [6.07, 6.45) is 4.42. The van der Waals surface area contributed by atoms with E-state index in [0.29, 0.717) is 19.0 Å². The molecular weight excluding hydrogens is 314 g/mol. The first-order valence-corrected chi connectivity index (χ1v) is 8.65. The number of amides is 1. The van der Waals surface area contributed by atoms with E-state index in [9.17, 15) is 4.79 Å². The Bertz CT molecular complexity index is 729. The number of anilines is 1. The van der Waals surface area contributed by atoms with Gasteiger partial charge in [0.2, 0.25) is 11.9 Å². The first-order chi connectivity index (χ1) is 12.1. The minimum Gasteiger partial charge on any atom is -0.355 e. The molecule has 0 saturated heterocycles. The smallest absolute Gasteiger partial charge is 0.237 e. The molecule has 2 aromatic rings. The van der Waals surface area contributed by atoms with Crippen LogP contribution in [0.5, 0.6) is 0 Å². The largest absolute Gasteiger partial charge is 0.355 e. The summed E-state index contributed by atoms with van der Waals surface area (Å²) in [5, 5.41) is 2.97. The molecule has 25 heavy (non-hydrogen) atoms. The molecule has 132 valence electrons. The molecule has 0 unspecified atom stereocenters. The number of carbonyl (C=O) groups excluding carboxylic acids is 1. The zero-order valence-electron chi connectivity index (χ0n) is 15.1. The fraction of sp³-hybridized carbons (Fsp3) is 0.421. The third-order valence-electron chi connectivity index (χ3n) is 4.48. The average molecular weight is 339 g/mol. The van der Waals surface area contributed by atoms with Crippen LogP contribution in [0.1, 0.15) is 23.6 Å². The van der Waals surface area contributed by atoms with Crippen molar-refractivity contribution in [2.24, 2.45) is 0 Å². The first kappa shape index (κ1) is 17.4. The second-order valence-corrected chi connectivity index (χ2v) is 6.57. The molecule has 1 atom stereocenters. The topological polar surface area (TPSA) is 61.4 Å². The lowest BCUT2D eigenvalue weighted by Crippen LogP contribution is -2.49. The molecule has 1 aliphatic rings. The van der Waals surface area contributed by atoms with Crippen molar-refractivity contribution in [3.63, 3.8) is 0 Å². The summed E-state index contributed by atoms with van der Waals surface area (Å²) < 4.78 is 0. The molecule has 0 fully saturated rings. The van der Waals surface area contributed by atoms with Gasteiger partial charge < -0.3 is 10.2 Å². The Hall–Kier alpha value is -2.47. The predicted octanol–water partition coefficient (Wildman–Crippen LogP) is 1.61. The highest BCUT2D eigenvalue weighted by Gasteiger charge is 2.31. The normalized spacial score (nSPS) is 17.0. The number of nitrogens with one attached hydrogen (secondary N) is 1. The maximum Gasteiger partial charge on any atom is 0.237 e. The fourth-order valence-electron chi connectivity index (χ4n) is 3.19. The van der Waals surface area contributed by atoms with E-state index in [1.807, 2.05) is 44.4 Å². The summed E-state index contributed by atoms with van der Waals surface area (Å²) in [6, 6.07) is 8.19. The number of carbonyl (C=O) groups is 1. The van der Waals surface area contributed by atoms with Gasteiger partial charge in [0.05, 0.1) is 6.04 Å². The molecule has 0 spiro atoms. The second kappa shape index (κ2) is 7.61. The minimum atomic E-state index is -0.164. The van der Waals surface area contributed by atoms with Crippen molar-refractivity contribution < 1.29 is 4.79 Å². The summed E-state index contributed by atoms with van der Waals surface area (Å²) >= 11 is 0. The molecule has 6 heteroatoms. The van der Waals surface area contributed by atoms with Crippen LogP contribution < -0.4 is 10.2 Å². The minimum absolute atomic E-state index is 0.0860. The summed E-state index contributed by atoms with van der Waals surface area (Å²) in [5.41, 5.74) is 3.56. The molecule has 1 aliphatic heterocycles. The van der Waals surface area contributed by atoms with Gasteiger partial charge in [-0.05, 0) is 24.5 Å². The highest BCUT2D eigenvalue weighted by atomic mass is 16.2. The Morgan fingerprint density at radius 3 is 2.56 bits per heavy atom. The number of nitrogens with zero attached hydrogens (tertiary/aromatic N) is 4. The van der Waals surface area contributed by atoms with Crippen molar-refractivity contribution in [2.75, 3.05) is 25.5 Å². The summed E-state index contributed by atoms with van der Waals surface area (Å²) in [7, 11) is 3.84. The molecule has 3 rings (SSSR count). The van der Waals surface area contributed by atoms with Gasteiger partial charge in [0.15, 0.2) is 0 Å². The molecule has 1 N–H and O–H groups in total. The Morgan fingerprint density at radius 1 is 1.24 bits per heavy atom. The predicted molar refractivity (Wildman–Crippen MR) is 98.2 cm³/mol. The Labute approximate surface area is 148 Å². The number of aromatic nitrogens is 2. The van der Waals surface area contributed by atoms with Gasteiger partial charge in [-0.25, -0.2) is 9.97 Å². The van der Waals surface area contributed by atoms with Crippen LogP contribution in [0.2, 0.25) is 0 Å². The van der Waals surface area contributed by atoms with Crippen LogP contribution in [0, 0.1) is 0 Å². The van der Waals surface area contributed by atoms with Gasteiger partial charge >= 0.3 is 0 Å². The van der Waals surface area contributed by atoms with Crippen LogP contribution in [0.15, 0.2) is 36.7 Å². The highest BCUT2D eigenvalue weighted by molar-refractivity contribution is 5.82. The van der Waals surface area contributed by atoms with Crippen molar-refractivity contribution in [3.8, 4) is 0 Å². The second-order valence-electron chi connectivity index (χ2n) is 6.57. The first-order valence-electron chi connectivity index (χ1n) is 8.65. The van der Waals surface area contributed by atoms with Crippen molar-refractivity contribution in [2.45, 2.75) is 32.5 Å². The zero-order chi connectivity index (χ0) is 17.8. The highest BCUT2D eigenvalue weighted by Crippen LogP contribution is 2.25. The van der Waals surface area contributed by atoms with E-state index in [4.69, 9.17) is 0 Å². The van der Waals surface area contributed by atoms with Crippen LogP contribution in [0.3, 0.4) is 0 Å². The maximum atomic E-state index is 12.6. The Balaban J connectivity index is 1.82. The van der Waals surface area contributed by atoms with Gasteiger partial charge in [0.25, 0.3) is 0 Å². The van der Waals surface area contributed by atoms with E-state index in [-0.39, 0.29) is 11.9 Å². The zero-order valence-corrected chi connectivity index (χ0v) is 15.1. The number of likely N-dealkylation sites (N-methyl/N-ethyl adjacent to an activating group) is 1. The molecule has 0 bridgehead atoms. The lowest BCUT2D eigenvalue weighted by molar-refractivity contribution is -0.127. The van der Waals surface area contributed by atoms with Crippen LogP contribution >= 0.6 is 0 Å². The van der Waals surface area contributed by atoms with Crippen molar-refractivity contribution in [1.29, 1.82) is 0 Å². The van der Waals surface area contributed by atoms with Crippen molar-refractivity contribution in [3.05, 3.63) is 53.3 Å². The van der Waals surface area contributed by atoms with E-state index < -0.39 is 0 Å². The van der Waals surface area contributed by atoms with E-state index in [1.165, 1.54) is 11.1 Å². The maximum absolute atomic E-state index is 12.6. The molecule has 2 heterocycles. The third-order valence-corrected chi connectivity index (χ3v) is 4.48. The lowest BCUT2D eigenvalue weighted by atomic mass is 9.93. The van der Waals surface area contributed by atoms with Crippen LogP contribution in [-0.2, 0) is 24.3 Å². The Morgan fingerprint density at radius 2 is 1.92 bits per heavy atom. The number of fused-ring (bicyclic) bond motifs is 1. The SMILES string of the molecule is CCNC(=O)[C@H]1Cc2ccccc2CN1Cc1cnc(N(C)C)nc1. The standard InChI is InChI=1S/C19H25N5O/c1-4-20-18(25)17-9-15-7-5-6-8-16(15)13-24(17)12-14-10-21-19(22-11-14)23(2)3/h5-8,10-11,17H,4,9,12-13H2,1-3H3,(H,20,25)/t17-/m1/s1. The van der Waals surface area contributed by atoms with Crippen LogP contribution in [0.25, 0.3) is 0 Å².